The van der Waals surface area contributed by atoms with Gasteiger partial charge in [0.1, 0.15) is 11.5 Å². The fraction of sp³-hybridized carbons (Fsp3) is 0.179. The van der Waals surface area contributed by atoms with Crippen molar-refractivity contribution >= 4 is 33.3 Å². The number of aliphatic imine (C=N–C) groups is 1. The number of fused-ring (bicyclic) bond motifs is 8. The first-order valence-electron chi connectivity index (χ1n) is 10.8. The van der Waals surface area contributed by atoms with Crippen LogP contribution in [0.2, 0.25) is 0 Å². The van der Waals surface area contributed by atoms with E-state index in [1.165, 1.54) is 58.4 Å². The molecule has 0 amide bonds. The van der Waals surface area contributed by atoms with Crippen molar-refractivity contribution in [2.75, 3.05) is 6.73 Å². The molecule has 1 aliphatic heterocycles. The summed E-state index contributed by atoms with van der Waals surface area (Å²) in [6.45, 7) is 0.482. The van der Waals surface area contributed by atoms with Crippen molar-refractivity contribution in [3.05, 3.63) is 101 Å². The van der Waals surface area contributed by atoms with E-state index >= 15 is 0 Å². The van der Waals surface area contributed by atoms with Crippen molar-refractivity contribution in [3.63, 3.8) is 0 Å². The first kappa shape index (κ1) is 17.5. The van der Waals surface area contributed by atoms with E-state index in [1.807, 2.05) is 18.2 Å². The van der Waals surface area contributed by atoms with E-state index in [2.05, 4.69) is 65.7 Å². The van der Waals surface area contributed by atoms with Gasteiger partial charge in [0, 0.05) is 5.56 Å². The molecule has 0 spiro atoms. The van der Waals surface area contributed by atoms with Crippen LogP contribution in [0.5, 0.6) is 0 Å². The van der Waals surface area contributed by atoms with E-state index in [1.54, 1.807) is 11.1 Å². The van der Waals surface area contributed by atoms with Crippen LogP contribution >= 0.6 is 0 Å². The summed E-state index contributed by atoms with van der Waals surface area (Å²) in [6, 6.07) is 26.2. The zero-order valence-electron chi connectivity index (χ0n) is 16.9. The van der Waals surface area contributed by atoms with Gasteiger partial charge >= 0.3 is 0 Å². The van der Waals surface area contributed by atoms with Gasteiger partial charge in [0.2, 0.25) is 0 Å². The zero-order chi connectivity index (χ0) is 19.9. The normalized spacial score (nSPS) is 16.0. The van der Waals surface area contributed by atoms with Gasteiger partial charge in [0.25, 0.3) is 0 Å². The lowest BCUT2D eigenvalue weighted by Crippen LogP contribution is -2.02. The van der Waals surface area contributed by atoms with Crippen LogP contribution < -0.4 is 0 Å². The molecule has 3 aliphatic rings. The summed E-state index contributed by atoms with van der Waals surface area (Å²) in [5.74, 6) is 0.927. The monoisotopic (exact) mass is 389 g/mol. The van der Waals surface area contributed by atoms with E-state index in [0.29, 0.717) is 6.73 Å². The maximum Gasteiger partial charge on any atom is 0.180 e. The molecular weight excluding hydrogens is 366 g/mol. The third kappa shape index (κ3) is 2.83. The zero-order valence-corrected chi connectivity index (χ0v) is 16.9. The third-order valence-electron chi connectivity index (χ3n) is 6.44. The third-order valence-corrected chi connectivity index (χ3v) is 6.44. The molecule has 4 aromatic carbocycles. The Balaban J connectivity index is 0.000000126. The lowest BCUT2D eigenvalue weighted by molar-refractivity contribution is 0.265. The van der Waals surface area contributed by atoms with E-state index in [-0.39, 0.29) is 0 Å². The molecule has 0 atom stereocenters. The van der Waals surface area contributed by atoms with Gasteiger partial charge in [-0.2, -0.15) is 0 Å². The second-order valence-electron chi connectivity index (χ2n) is 8.17. The molecule has 1 heterocycles. The molecule has 0 aromatic heterocycles. The number of nitrogens with zero attached hydrogens (tertiary/aromatic N) is 1. The molecule has 0 radical (unpaired) electrons. The number of allylic oxidation sites excluding steroid dienone is 1. The molecule has 0 bridgehead atoms. The lowest BCUT2D eigenvalue weighted by Gasteiger charge is -2.18. The molecule has 2 heteroatoms. The van der Waals surface area contributed by atoms with Crippen LogP contribution in [0.25, 0.3) is 27.6 Å². The van der Waals surface area contributed by atoms with Crippen LogP contribution in [0.4, 0.5) is 0 Å². The second-order valence-corrected chi connectivity index (χ2v) is 8.17. The summed E-state index contributed by atoms with van der Waals surface area (Å²) in [7, 11) is 0. The molecule has 30 heavy (non-hydrogen) atoms. The summed E-state index contributed by atoms with van der Waals surface area (Å²) in [6.07, 6.45) is 7.26. The number of ether oxygens (including phenoxy) is 1. The quantitative estimate of drug-likeness (QED) is 0.307. The van der Waals surface area contributed by atoms with Gasteiger partial charge in [-0.3, -0.25) is 0 Å². The number of aryl methyl sites for hydroxylation is 2. The Hall–Kier alpha value is -3.39. The highest BCUT2D eigenvalue weighted by Crippen LogP contribution is 2.33. The maximum absolute atomic E-state index is 5.32. The first-order valence-corrected chi connectivity index (χ1v) is 10.8. The molecule has 7 rings (SSSR count). The number of hydrogen-bond donors (Lipinski definition) is 0. The SMILES string of the molecule is C1=C2OCN=C2c2ccccc21.c1ccc2c(c1)ccc1c3c(ccc12)CCCC3. The molecule has 2 aliphatic carbocycles. The maximum atomic E-state index is 5.32. The fourth-order valence-electron chi connectivity index (χ4n) is 4.96. The standard InChI is InChI=1S/C18H16.C10H7NO/c1-3-7-15-13(5-1)9-11-18-16-8-4-2-6-14(16)10-12-17(15)18;1-2-4-8-7(3-1)5-9-10(8)11-6-12-9/h1,3,5,7,9-12H,2,4,6,8H2;1-5H,6H2. The van der Waals surface area contributed by atoms with Crippen molar-refractivity contribution < 1.29 is 4.74 Å². The summed E-state index contributed by atoms with van der Waals surface area (Å²) in [5.41, 5.74) is 6.61. The molecular formula is C28H23NO. The highest BCUT2D eigenvalue weighted by atomic mass is 16.5. The first-order chi connectivity index (χ1) is 14.9. The van der Waals surface area contributed by atoms with E-state index in [9.17, 15) is 0 Å². The largest absolute Gasteiger partial charge is 0.469 e. The Morgan fingerprint density at radius 3 is 2.53 bits per heavy atom. The van der Waals surface area contributed by atoms with E-state index in [0.717, 1.165) is 11.5 Å². The van der Waals surface area contributed by atoms with Crippen molar-refractivity contribution in [2.45, 2.75) is 25.7 Å². The van der Waals surface area contributed by atoms with Crippen molar-refractivity contribution in [1.29, 1.82) is 0 Å². The summed E-state index contributed by atoms with van der Waals surface area (Å²) in [5, 5.41) is 5.64. The van der Waals surface area contributed by atoms with Crippen LogP contribution in [0.3, 0.4) is 0 Å². The predicted octanol–water partition coefficient (Wildman–Crippen LogP) is 6.69. The second kappa shape index (κ2) is 7.14. The molecule has 0 fully saturated rings. The highest BCUT2D eigenvalue weighted by molar-refractivity contribution is 6.20. The van der Waals surface area contributed by atoms with Gasteiger partial charge in [0.05, 0.1) is 0 Å². The smallest absolute Gasteiger partial charge is 0.180 e. The summed E-state index contributed by atoms with van der Waals surface area (Å²) in [4.78, 5) is 4.27. The Morgan fingerprint density at radius 1 is 0.700 bits per heavy atom. The average molecular weight is 389 g/mol. The Labute approximate surface area is 176 Å². The predicted molar refractivity (Wildman–Crippen MR) is 125 cm³/mol. The molecule has 0 saturated carbocycles. The number of rotatable bonds is 0. The van der Waals surface area contributed by atoms with Gasteiger partial charge in [-0.15, -0.1) is 0 Å². The van der Waals surface area contributed by atoms with Crippen molar-refractivity contribution in [1.82, 2.24) is 0 Å². The average Bonchev–Trinajstić information content (AvgIpc) is 3.41. The van der Waals surface area contributed by atoms with E-state index in [4.69, 9.17) is 4.74 Å². The van der Waals surface area contributed by atoms with Gasteiger partial charge in [-0.25, -0.2) is 4.99 Å². The van der Waals surface area contributed by atoms with Gasteiger partial charge in [0.15, 0.2) is 6.73 Å². The molecule has 0 N–H and O–H groups in total. The number of hydrogen-bond acceptors (Lipinski definition) is 2. The minimum Gasteiger partial charge on any atom is -0.469 e. The fourth-order valence-corrected chi connectivity index (χ4v) is 4.96. The van der Waals surface area contributed by atoms with Gasteiger partial charge < -0.3 is 4.74 Å². The van der Waals surface area contributed by atoms with Crippen LogP contribution in [0, 0.1) is 0 Å². The van der Waals surface area contributed by atoms with Crippen LogP contribution in [0.15, 0.2) is 83.5 Å². The molecule has 4 aromatic rings. The van der Waals surface area contributed by atoms with Crippen LogP contribution in [-0.2, 0) is 17.6 Å². The highest BCUT2D eigenvalue weighted by Gasteiger charge is 2.24. The Bertz CT molecular complexity index is 1350. The molecule has 0 unspecified atom stereocenters. The Morgan fingerprint density at radius 2 is 1.53 bits per heavy atom. The van der Waals surface area contributed by atoms with E-state index < -0.39 is 0 Å². The molecule has 146 valence electrons. The van der Waals surface area contributed by atoms with Crippen molar-refractivity contribution in [3.8, 4) is 0 Å². The lowest BCUT2D eigenvalue weighted by atomic mass is 9.86. The number of benzene rings is 4. The minimum absolute atomic E-state index is 0.482. The van der Waals surface area contributed by atoms with Crippen molar-refractivity contribution in [2.24, 2.45) is 4.99 Å². The summed E-state index contributed by atoms with van der Waals surface area (Å²) >= 11 is 0. The van der Waals surface area contributed by atoms with Crippen LogP contribution in [0.1, 0.15) is 35.1 Å². The van der Waals surface area contributed by atoms with Gasteiger partial charge in [-0.1, -0.05) is 72.8 Å². The molecule has 2 nitrogen and oxygen atoms in total. The minimum atomic E-state index is 0.482. The Kier molecular flexibility index (Phi) is 4.16. The summed E-state index contributed by atoms with van der Waals surface area (Å²) < 4.78 is 5.32. The topological polar surface area (TPSA) is 21.6 Å². The van der Waals surface area contributed by atoms with Gasteiger partial charge in [-0.05, 0) is 70.0 Å². The molecule has 0 saturated heterocycles. The van der Waals surface area contributed by atoms with Crippen LogP contribution in [-0.4, -0.2) is 12.4 Å².